The van der Waals surface area contributed by atoms with Crippen LogP contribution in [0.5, 0.6) is 0 Å². The van der Waals surface area contributed by atoms with Gasteiger partial charge in [-0.2, -0.15) is 0 Å². The van der Waals surface area contributed by atoms with E-state index in [4.69, 9.17) is 11.6 Å². The highest BCUT2D eigenvalue weighted by molar-refractivity contribution is 6.30. The molecule has 1 aromatic rings. The number of nitrogens with zero attached hydrogens (tertiary/aromatic N) is 1. The molecule has 1 aliphatic heterocycles. The lowest BCUT2D eigenvalue weighted by Gasteiger charge is -2.23. The number of hydrogen-bond acceptors (Lipinski definition) is 1. The Hall–Kier alpha value is -1.28. The van der Waals surface area contributed by atoms with Crippen LogP contribution in [0.4, 0.5) is 0 Å². The first-order valence-electron chi connectivity index (χ1n) is 7.43. The molecular weight excluding hydrogens is 270 g/mol. The molecule has 3 heteroatoms. The van der Waals surface area contributed by atoms with Crippen molar-refractivity contribution in [3.05, 3.63) is 47.0 Å². The average Bonchev–Trinajstić information content (AvgIpc) is 2.49. The van der Waals surface area contributed by atoms with E-state index < -0.39 is 0 Å². The second-order valence-electron chi connectivity index (χ2n) is 5.29. The maximum Gasteiger partial charge on any atom is 0.222 e. The van der Waals surface area contributed by atoms with Crippen LogP contribution in [0.15, 0.2) is 36.4 Å². The maximum atomic E-state index is 11.9. The minimum absolute atomic E-state index is 0.306. The number of carbonyl (C=O) groups is 1. The molecular formula is C17H22ClNO. The number of unbranched alkanes of at least 4 members (excludes halogenated alkanes) is 2. The van der Waals surface area contributed by atoms with E-state index in [9.17, 15) is 4.79 Å². The molecule has 0 radical (unpaired) electrons. The minimum atomic E-state index is 0.306. The zero-order valence-electron chi connectivity index (χ0n) is 11.9. The monoisotopic (exact) mass is 291 g/mol. The molecule has 2 rings (SSSR count). The summed E-state index contributed by atoms with van der Waals surface area (Å²) >= 11 is 5.86. The third-order valence-electron chi connectivity index (χ3n) is 3.68. The van der Waals surface area contributed by atoms with Crippen molar-refractivity contribution in [1.29, 1.82) is 0 Å². The van der Waals surface area contributed by atoms with E-state index in [1.54, 1.807) is 0 Å². The van der Waals surface area contributed by atoms with Gasteiger partial charge in [0.1, 0.15) is 0 Å². The summed E-state index contributed by atoms with van der Waals surface area (Å²) in [5.74, 6) is 0.306. The molecule has 0 fully saturated rings. The lowest BCUT2D eigenvalue weighted by atomic mass is 10.1. The Morgan fingerprint density at radius 3 is 2.60 bits per heavy atom. The zero-order valence-corrected chi connectivity index (χ0v) is 12.6. The first-order valence-corrected chi connectivity index (χ1v) is 7.81. The van der Waals surface area contributed by atoms with E-state index in [-0.39, 0.29) is 0 Å². The maximum absolute atomic E-state index is 11.9. The lowest BCUT2D eigenvalue weighted by Crippen LogP contribution is -2.33. The number of hydrogen-bond donors (Lipinski definition) is 0. The summed E-state index contributed by atoms with van der Waals surface area (Å²) < 4.78 is 0. The first kappa shape index (κ1) is 15.1. The van der Waals surface area contributed by atoms with Crippen molar-refractivity contribution in [2.75, 3.05) is 13.1 Å². The SMILES string of the molecule is O=C(CCCCCc1ccc(Cl)cc1)N1CC=CCC1. The molecule has 0 bridgehead atoms. The van der Waals surface area contributed by atoms with Gasteiger partial charge in [-0.25, -0.2) is 0 Å². The second-order valence-corrected chi connectivity index (χ2v) is 5.72. The van der Waals surface area contributed by atoms with Crippen LogP contribution < -0.4 is 0 Å². The third kappa shape index (κ3) is 5.01. The largest absolute Gasteiger partial charge is 0.339 e. The van der Waals surface area contributed by atoms with Crippen LogP contribution in [0.1, 0.15) is 37.7 Å². The van der Waals surface area contributed by atoms with Crippen molar-refractivity contribution in [2.24, 2.45) is 0 Å². The molecule has 0 saturated carbocycles. The van der Waals surface area contributed by atoms with Gasteiger partial charge in [-0.05, 0) is 43.4 Å². The molecule has 0 spiro atoms. The summed E-state index contributed by atoms with van der Waals surface area (Å²) in [4.78, 5) is 13.9. The summed E-state index contributed by atoms with van der Waals surface area (Å²) in [6.45, 7) is 1.68. The zero-order chi connectivity index (χ0) is 14.2. The van der Waals surface area contributed by atoms with E-state index in [1.165, 1.54) is 5.56 Å². The van der Waals surface area contributed by atoms with E-state index in [0.29, 0.717) is 12.3 Å². The van der Waals surface area contributed by atoms with E-state index in [1.807, 2.05) is 17.0 Å². The van der Waals surface area contributed by atoms with E-state index >= 15 is 0 Å². The predicted molar refractivity (Wildman–Crippen MR) is 84.0 cm³/mol. The molecule has 0 atom stereocenters. The van der Waals surface area contributed by atoms with Gasteiger partial charge >= 0.3 is 0 Å². The molecule has 0 aromatic heterocycles. The van der Waals surface area contributed by atoms with Gasteiger partial charge in [0.15, 0.2) is 0 Å². The van der Waals surface area contributed by atoms with Gasteiger partial charge in [0.05, 0.1) is 0 Å². The Morgan fingerprint density at radius 1 is 1.10 bits per heavy atom. The van der Waals surface area contributed by atoms with Crippen LogP contribution in [0, 0.1) is 0 Å². The Labute approximate surface area is 126 Å². The average molecular weight is 292 g/mol. The molecule has 2 nitrogen and oxygen atoms in total. The highest BCUT2D eigenvalue weighted by Crippen LogP contribution is 2.13. The summed E-state index contributed by atoms with van der Waals surface area (Å²) in [5, 5.41) is 0.787. The number of carbonyl (C=O) groups excluding carboxylic acids is 1. The fraction of sp³-hybridized carbons (Fsp3) is 0.471. The van der Waals surface area contributed by atoms with Crippen molar-refractivity contribution in [3.8, 4) is 0 Å². The van der Waals surface area contributed by atoms with Crippen molar-refractivity contribution in [3.63, 3.8) is 0 Å². The fourth-order valence-corrected chi connectivity index (χ4v) is 2.59. The summed E-state index contributed by atoms with van der Waals surface area (Å²) in [6, 6.07) is 8.02. The predicted octanol–water partition coefficient (Wildman–Crippen LogP) is 4.23. The molecule has 108 valence electrons. The molecule has 0 unspecified atom stereocenters. The van der Waals surface area contributed by atoms with Crippen LogP contribution in [0.2, 0.25) is 5.02 Å². The van der Waals surface area contributed by atoms with Gasteiger partial charge in [0, 0.05) is 24.5 Å². The highest BCUT2D eigenvalue weighted by atomic mass is 35.5. The molecule has 1 heterocycles. The Bertz CT molecular complexity index is 453. The van der Waals surface area contributed by atoms with Crippen LogP contribution >= 0.6 is 11.6 Å². The lowest BCUT2D eigenvalue weighted by molar-refractivity contribution is -0.130. The Balaban J connectivity index is 1.58. The van der Waals surface area contributed by atoms with Gasteiger partial charge in [0.25, 0.3) is 0 Å². The smallest absolute Gasteiger partial charge is 0.222 e. The number of benzene rings is 1. The molecule has 0 saturated heterocycles. The van der Waals surface area contributed by atoms with Crippen molar-refractivity contribution < 1.29 is 4.79 Å². The van der Waals surface area contributed by atoms with Crippen LogP contribution in [0.25, 0.3) is 0 Å². The molecule has 1 amide bonds. The third-order valence-corrected chi connectivity index (χ3v) is 3.93. The number of aryl methyl sites for hydroxylation is 1. The topological polar surface area (TPSA) is 20.3 Å². The van der Waals surface area contributed by atoms with Gasteiger partial charge < -0.3 is 4.90 Å². The van der Waals surface area contributed by atoms with Gasteiger partial charge in [0.2, 0.25) is 5.91 Å². The molecule has 0 N–H and O–H groups in total. The van der Waals surface area contributed by atoms with Crippen molar-refractivity contribution >= 4 is 17.5 Å². The molecule has 20 heavy (non-hydrogen) atoms. The summed E-state index contributed by atoms with van der Waals surface area (Å²) in [5.41, 5.74) is 1.32. The minimum Gasteiger partial charge on any atom is -0.339 e. The summed E-state index contributed by atoms with van der Waals surface area (Å²) in [7, 11) is 0. The quantitative estimate of drug-likeness (QED) is 0.567. The van der Waals surface area contributed by atoms with Gasteiger partial charge in [-0.3, -0.25) is 4.79 Å². The Morgan fingerprint density at radius 2 is 1.90 bits per heavy atom. The first-order chi connectivity index (χ1) is 9.75. The Kier molecular flexibility index (Phi) is 6.13. The van der Waals surface area contributed by atoms with Gasteiger partial charge in [-0.15, -0.1) is 0 Å². The number of amides is 1. The number of halogens is 1. The molecule has 0 aliphatic carbocycles. The number of rotatable bonds is 6. The summed E-state index contributed by atoms with van der Waals surface area (Å²) in [6.07, 6.45) is 10.2. The molecule has 1 aromatic carbocycles. The highest BCUT2D eigenvalue weighted by Gasteiger charge is 2.12. The van der Waals surface area contributed by atoms with E-state index in [0.717, 1.165) is 50.2 Å². The van der Waals surface area contributed by atoms with Crippen LogP contribution in [-0.2, 0) is 11.2 Å². The van der Waals surface area contributed by atoms with Crippen LogP contribution in [-0.4, -0.2) is 23.9 Å². The van der Waals surface area contributed by atoms with Crippen molar-refractivity contribution in [2.45, 2.75) is 38.5 Å². The second kappa shape index (κ2) is 8.11. The van der Waals surface area contributed by atoms with Crippen LogP contribution in [0.3, 0.4) is 0 Å². The standard InChI is InChI=1S/C17H22ClNO/c18-16-11-9-15(10-12-16)7-3-1-4-8-17(20)19-13-5-2-6-14-19/h2,5,9-12H,1,3-4,6-8,13-14H2. The van der Waals surface area contributed by atoms with Gasteiger partial charge in [-0.1, -0.05) is 42.3 Å². The van der Waals surface area contributed by atoms with Crippen molar-refractivity contribution in [1.82, 2.24) is 4.90 Å². The molecule has 1 aliphatic rings. The normalized spacial score (nSPS) is 14.6. The fourth-order valence-electron chi connectivity index (χ4n) is 2.46. The van der Waals surface area contributed by atoms with E-state index in [2.05, 4.69) is 24.3 Å².